The van der Waals surface area contributed by atoms with Gasteiger partial charge < -0.3 is 14.8 Å². The lowest BCUT2D eigenvalue weighted by Gasteiger charge is -2.13. The Morgan fingerprint density at radius 3 is 2.48 bits per heavy atom. The van der Waals surface area contributed by atoms with Crippen LogP contribution >= 0.6 is 23.1 Å². The van der Waals surface area contributed by atoms with Gasteiger partial charge in [0.15, 0.2) is 9.99 Å². The summed E-state index contributed by atoms with van der Waals surface area (Å²) in [4.78, 5) is 44.0. The van der Waals surface area contributed by atoms with Crippen molar-refractivity contribution < 1.29 is 14.3 Å². The molecule has 9 nitrogen and oxygen atoms in total. The summed E-state index contributed by atoms with van der Waals surface area (Å²) in [7, 11) is 3.01. The van der Waals surface area contributed by atoms with Gasteiger partial charge in [0.1, 0.15) is 22.7 Å². The summed E-state index contributed by atoms with van der Waals surface area (Å²) in [5.41, 5.74) is -0.175. The van der Waals surface area contributed by atoms with Gasteiger partial charge in [0.05, 0.1) is 19.9 Å². The second-order valence-electron chi connectivity index (χ2n) is 6.79. The summed E-state index contributed by atoms with van der Waals surface area (Å²) in [6.45, 7) is -0.325. The van der Waals surface area contributed by atoms with E-state index >= 15 is 0 Å². The van der Waals surface area contributed by atoms with Gasteiger partial charge in [-0.1, -0.05) is 23.9 Å². The highest BCUT2D eigenvalue weighted by molar-refractivity contribution is 8.00. The van der Waals surface area contributed by atoms with Crippen LogP contribution in [0.3, 0.4) is 0 Å². The van der Waals surface area contributed by atoms with Crippen molar-refractivity contribution in [2.24, 2.45) is 0 Å². The summed E-state index contributed by atoms with van der Waals surface area (Å²) < 4.78 is 13.6. The molecule has 0 unspecified atom stereocenters. The number of methoxy groups -OCH3 is 2. The Morgan fingerprint density at radius 2 is 1.82 bits per heavy atom. The van der Waals surface area contributed by atoms with Crippen LogP contribution < -0.4 is 26.0 Å². The first-order valence-corrected chi connectivity index (χ1v) is 11.8. The number of hydrogen-bond donors (Lipinski definition) is 1. The topological polar surface area (TPSA) is 104 Å². The number of nitrogens with one attached hydrogen (secondary N) is 1. The number of nitrogens with zero attached hydrogens (tertiary/aromatic N) is 3. The van der Waals surface area contributed by atoms with Gasteiger partial charge in [0.25, 0.3) is 5.56 Å². The molecule has 0 fully saturated rings. The monoisotopic (exact) mass is 484 g/mol. The predicted octanol–water partition coefficient (Wildman–Crippen LogP) is 2.99. The van der Waals surface area contributed by atoms with Gasteiger partial charge in [-0.3, -0.25) is 14.2 Å². The Labute approximate surface area is 196 Å². The molecule has 0 aliphatic carbocycles. The minimum Gasteiger partial charge on any atom is -0.497 e. The second kappa shape index (κ2) is 9.51. The number of ether oxygens (including phenoxy) is 2. The zero-order chi connectivity index (χ0) is 23.5. The number of thiazole rings is 1. The molecule has 0 bridgehead atoms. The van der Waals surface area contributed by atoms with Crippen molar-refractivity contribution in [3.05, 3.63) is 69.4 Å². The third-order valence-corrected chi connectivity index (χ3v) is 6.86. The number of anilines is 1. The summed E-state index contributed by atoms with van der Waals surface area (Å²) in [6.07, 6.45) is 1.83. The van der Waals surface area contributed by atoms with Crippen molar-refractivity contribution in [2.75, 3.05) is 25.8 Å². The van der Waals surface area contributed by atoms with E-state index < -0.39 is 17.2 Å². The number of para-hydroxylation sites is 2. The maximum Gasteiger partial charge on any atom is 0.337 e. The first-order valence-electron chi connectivity index (χ1n) is 9.74. The quantitative estimate of drug-likeness (QED) is 0.402. The van der Waals surface area contributed by atoms with Crippen LogP contribution in [-0.2, 0) is 11.3 Å². The van der Waals surface area contributed by atoms with Crippen molar-refractivity contribution in [1.29, 1.82) is 0 Å². The van der Waals surface area contributed by atoms with E-state index in [1.54, 1.807) is 55.6 Å². The number of amides is 1. The van der Waals surface area contributed by atoms with Crippen molar-refractivity contribution in [3.8, 4) is 17.2 Å². The van der Waals surface area contributed by atoms with Crippen LogP contribution in [-0.4, -0.2) is 40.5 Å². The van der Waals surface area contributed by atoms with E-state index in [0.29, 0.717) is 27.2 Å². The van der Waals surface area contributed by atoms with E-state index in [1.165, 1.54) is 34.8 Å². The van der Waals surface area contributed by atoms with E-state index in [1.807, 2.05) is 6.26 Å². The molecule has 4 rings (SSSR count). The summed E-state index contributed by atoms with van der Waals surface area (Å²) >= 11 is 2.54. The largest absolute Gasteiger partial charge is 0.497 e. The Kier molecular flexibility index (Phi) is 6.52. The number of fused-ring (bicyclic) bond motifs is 1. The van der Waals surface area contributed by atoms with Gasteiger partial charge in [-0.05, 0) is 42.7 Å². The molecule has 33 heavy (non-hydrogen) atoms. The molecule has 0 radical (unpaired) electrons. The minimum atomic E-state index is -0.681. The molecule has 1 N–H and O–H groups in total. The lowest BCUT2D eigenvalue weighted by molar-refractivity contribution is -0.116. The van der Waals surface area contributed by atoms with E-state index in [0.717, 1.165) is 4.57 Å². The van der Waals surface area contributed by atoms with Gasteiger partial charge in [-0.2, -0.15) is 0 Å². The van der Waals surface area contributed by atoms with E-state index in [-0.39, 0.29) is 16.9 Å². The maximum absolute atomic E-state index is 13.5. The van der Waals surface area contributed by atoms with Crippen LogP contribution in [0.2, 0.25) is 0 Å². The average Bonchev–Trinajstić information content (AvgIpc) is 3.27. The Bertz CT molecular complexity index is 1440. The number of thioether (sulfide) groups is 1. The summed E-state index contributed by atoms with van der Waals surface area (Å²) in [6, 6.07) is 13.5. The molecule has 0 aliphatic heterocycles. The third kappa shape index (κ3) is 4.37. The standard InChI is InChI=1S/C22H20N4O5S2/c1-30-14-10-8-13(9-11-14)23-17(27)12-25-19-18(33-21(24-19)32-3)20(28)26(22(25)29)15-6-4-5-7-16(15)31-2/h4-11H,12H2,1-3H3,(H,23,27). The van der Waals surface area contributed by atoms with Gasteiger partial charge in [-0.25, -0.2) is 14.3 Å². The number of rotatable bonds is 7. The highest BCUT2D eigenvalue weighted by atomic mass is 32.2. The average molecular weight is 485 g/mol. The molecule has 2 aromatic heterocycles. The molecule has 0 saturated carbocycles. The Morgan fingerprint density at radius 1 is 1.09 bits per heavy atom. The highest BCUT2D eigenvalue weighted by Gasteiger charge is 2.22. The smallest absolute Gasteiger partial charge is 0.337 e. The van der Waals surface area contributed by atoms with Gasteiger partial charge in [-0.15, -0.1) is 11.3 Å². The molecule has 1 amide bonds. The van der Waals surface area contributed by atoms with Crippen LogP contribution in [0.25, 0.3) is 16.0 Å². The van der Waals surface area contributed by atoms with Crippen molar-refractivity contribution >= 4 is 45.0 Å². The van der Waals surface area contributed by atoms with E-state index in [4.69, 9.17) is 9.47 Å². The number of hydrogen-bond acceptors (Lipinski definition) is 8. The van der Waals surface area contributed by atoms with Gasteiger partial charge in [0.2, 0.25) is 5.91 Å². The van der Waals surface area contributed by atoms with Crippen LogP contribution in [0, 0.1) is 0 Å². The van der Waals surface area contributed by atoms with Crippen molar-refractivity contribution in [1.82, 2.24) is 14.1 Å². The zero-order valence-electron chi connectivity index (χ0n) is 18.0. The number of carbonyl (C=O) groups excluding carboxylic acids is 1. The Hall–Kier alpha value is -3.57. The third-order valence-electron chi connectivity index (χ3n) is 4.84. The molecule has 0 saturated heterocycles. The fraction of sp³-hybridized carbons (Fsp3) is 0.182. The first kappa shape index (κ1) is 22.6. The molecule has 4 aromatic rings. The molecule has 11 heteroatoms. The van der Waals surface area contributed by atoms with Crippen LogP contribution in [0.4, 0.5) is 5.69 Å². The number of aromatic nitrogens is 3. The highest BCUT2D eigenvalue weighted by Crippen LogP contribution is 2.26. The zero-order valence-corrected chi connectivity index (χ0v) is 19.7. The Balaban J connectivity index is 1.82. The number of benzene rings is 2. The maximum atomic E-state index is 13.5. The first-order chi connectivity index (χ1) is 16.0. The van der Waals surface area contributed by atoms with E-state index in [9.17, 15) is 14.4 Å². The van der Waals surface area contributed by atoms with Crippen LogP contribution in [0.15, 0.2) is 62.5 Å². The van der Waals surface area contributed by atoms with Crippen LogP contribution in [0.5, 0.6) is 11.5 Å². The van der Waals surface area contributed by atoms with Crippen LogP contribution in [0.1, 0.15) is 0 Å². The number of carbonyl (C=O) groups is 1. The lowest BCUT2D eigenvalue weighted by atomic mass is 10.3. The van der Waals surface area contributed by atoms with E-state index in [2.05, 4.69) is 10.3 Å². The van der Waals surface area contributed by atoms with Gasteiger partial charge in [0, 0.05) is 5.69 Å². The van der Waals surface area contributed by atoms with Crippen molar-refractivity contribution in [2.45, 2.75) is 10.9 Å². The molecule has 2 aromatic carbocycles. The fourth-order valence-electron chi connectivity index (χ4n) is 3.29. The summed E-state index contributed by atoms with van der Waals surface area (Å²) in [5, 5.41) is 2.75. The normalized spacial score (nSPS) is 10.9. The molecular formula is C22H20N4O5S2. The predicted molar refractivity (Wildman–Crippen MR) is 129 cm³/mol. The minimum absolute atomic E-state index is 0.176. The molecule has 2 heterocycles. The molecule has 0 atom stereocenters. The van der Waals surface area contributed by atoms with Gasteiger partial charge >= 0.3 is 5.69 Å². The second-order valence-corrected chi connectivity index (χ2v) is 8.85. The molecule has 0 spiro atoms. The van der Waals surface area contributed by atoms with Crippen molar-refractivity contribution in [3.63, 3.8) is 0 Å². The molecule has 0 aliphatic rings. The lowest BCUT2D eigenvalue weighted by Crippen LogP contribution is -2.40. The SMILES string of the molecule is COc1ccc(NC(=O)Cn2c(=O)n(-c3ccccc3OC)c(=O)c3sc(SC)nc32)cc1. The molecule has 170 valence electrons. The molecular weight excluding hydrogens is 464 g/mol. The summed E-state index contributed by atoms with van der Waals surface area (Å²) in [5.74, 6) is 0.578. The fourth-order valence-corrected chi connectivity index (χ4v) is 4.78.